The molecule has 5 nitrogen and oxygen atoms in total. The average molecular weight is 441 g/mol. The largest absolute Gasteiger partial charge is 0.479 e. The first-order chi connectivity index (χ1) is 14.4. The minimum absolute atomic E-state index is 0.300. The van der Waals surface area contributed by atoms with E-state index in [9.17, 15) is 4.79 Å². The van der Waals surface area contributed by atoms with Crippen LogP contribution in [0.2, 0.25) is 10.0 Å². The van der Waals surface area contributed by atoms with Gasteiger partial charge in [0.05, 0.1) is 5.02 Å². The molecule has 1 aromatic heterocycles. The highest BCUT2D eigenvalue weighted by atomic mass is 35.5. The Bertz CT molecular complexity index is 1220. The number of benzene rings is 3. The Hall–Kier alpha value is -3.02. The van der Waals surface area contributed by atoms with Crippen LogP contribution in [0.5, 0.6) is 5.75 Å². The quantitative estimate of drug-likeness (QED) is 0.383. The van der Waals surface area contributed by atoms with Crippen LogP contribution in [-0.2, 0) is 4.79 Å². The lowest BCUT2D eigenvalue weighted by Gasteiger charge is -2.16. The Kier molecular flexibility index (Phi) is 5.66. The van der Waals surface area contributed by atoms with Crippen molar-refractivity contribution in [3.05, 3.63) is 76.3 Å². The van der Waals surface area contributed by atoms with Gasteiger partial charge in [0.15, 0.2) is 11.7 Å². The summed E-state index contributed by atoms with van der Waals surface area (Å²) in [4.78, 5) is 17.0. The van der Waals surface area contributed by atoms with Crippen LogP contribution in [0, 0.1) is 6.92 Å². The lowest BCUT2D eigenvalue weighted by molar-refractivity contribution is -0.122. The number of hydrogen-bond donors (Lipinski definition) is 1. The summed E-state index contributed by atoms with van der Waals surface area (Å²) in [5.74, 6) is 0.624. The second-order valence-electron chi connectivity index (χ2n) is 6.89. The van der Waals surface area contributed by atoms with E-state index in [-0.39, 0.29) is 5.91 Å². The fourth-order valence-electron chi connectivity index (χ4n) is 2.92. The van der Waals surface area contributed by atoms with Gasteiger partial charge in [0.25, 0.3) is 5.91 Å². The average Bonchev–Trinajstić information content (AvgIpc) is 3.13. The monoisotopic (exact) mass is 440 g/mol. The highest BCUT2D eigenvalue weighted by Gasteiger charge is 2.17. The molecule has 0 aliphatic heterocycles. The Morgan fingerprint density at radius 1 is 1.07 bits per heavy atom. The van der Waals surface area contributed by atoms with Crippen molar-refractivity contribution in [1.82, 2.24) is 4.98 Å². The topological polar surface area (TPSA) is 64.4 Å². The number of halogens is 2. The highest BCUT2D eigenvalue weighted by molar-refractivity contribution is 6.35. The van der Waals surface area contributed by atoms with E-state index >= 15 is 0 Å². The summed E-state index contributed by atoms with van der Waals surface area (Å²) in [7, 11) is 0. The maximum absolute atomic E-state index is 12.5. The smallest absolute Gasteiger partial charge is 0.265 e. The van der Waals surface area contributed by atoms with Gasteiger partial charge in [-0.05, 0) is 74.0 Å². The lowest BCUT2D eigenvalue weighted by atomic mass is 10.2. The number of rotatable bonds is 5. The van der Waals surface area contributed by atoms with Crippen molar-refractivity contribution in [3.8, 4) is 17.2 Å². The molecule has 0 saturated carbocycles. The summed E-state index contributed by atoms with van der Waals surface area (Å²) < 4.78 is 11.5. The zero-order valence-corrected chi connectivity index (χ0v) is 17.8. The van der Waals surface area contributed by atoms with E-state index in [2.05, 4.69) is 10.3 Å². The van der Waals surface area contributed by atoms with Gasteiger partial charge in [0, 0.05) is 16.3 Å². The van der Waals surface area contributed by atoms with Crippen molar-refractivity contribution in [2.75, 3.05) is 5.32 Å². The van der Waals surface area contributed by atoms with Crippen molar-refractivity contribution in [1.29, 1.82) is 0 Å². The van der Waals surface area contributed by atoms with Gasteiger partial charge in [-0.1, -0.05) is 29.3 Å². The van der Waals surface area contributed by atoms with Gasteiger partial charge in [-0.25, -0.2) is 4.98 Å². The molecule has 1 amide bonds. The molecule has 0 bridgehead atoms. The van der Waals surface area contributed by atoms with E-state index in [0.717, 1.165) is 22.2 Å². The molecule has 4 rings (SSSR count). The molecule has 0 aliphatic carbocycles. The number of oxazole rings is 1. The summed E-state index contributed by atoms with van der Waals surface area (Å²) in [6.45, 7) is 3.66. The van der Waals surface area contributed by atoms with Gasteiger partial charge in [-0.15, -0.1) is 0 Å². The van der Waals surface area contributed by atoms with Crippen LogP contribution in [0.15, 0.2) is 65.1 Å². The number of ether oxygens (including phenoxy) is 1. The zero-order chi connectivity index (χ0) is 21.3. The van der Waals surface area contributed by atoms with Crippen LogP contribution in [0.3, 0.4) is 0 Å². The summed E-state index contributed by atoms with van der Waals surface area (Å²) in [5.41, 5.74) is 4.12. The van der Waals surface area contributed by atoms with E-state index < -0.39 is 6.10 Å². The number of carbonyl (C=O) groups is 1. The second-order valence-corrected chi connectivity index (χ2v) is 7.74. The fraction of sp³-hybridized carbons (Fsp3) is 0.130. The molecule has 1 atom stereocenters. The number of amides is 1. The summed E-state index contributed by atoms with van der Waals surface area (Å²) in [5, 5.41) is 3.67. The fourth-order valence-corrected chi connectivity index (χ4v) is 3.37. The molecule has 0 spiro atoms. The standard InChI is InChI=1S/C23H18Cl2N2O3/c1-13-3-9-21-19(11-13)27-23(30-21)15-4-7-17(8-5-15)26-22(28)14(2)29-20-10-6-16(24)12-18(20)25/h3-12,14H,1-2H3,(H,26,28). The van der Waals surface area contributed by atoms with Crippen molar-refractivity contribution >= 4 is 45.9 Å². The first-order valence-electron chi connectivity index (χ1n) is 9.29. The van der Waals surface area contributed by atoms with E-state index in [0.29, 0.717) is 27.4 Å². The SMILES string of the molecule is Cc1ccc2oc(-c3ccc(NC(=O)C(C)Oc4ccc(Cl)cc4Cl)cc3)nc2c1. The van der Waals surface area contributed by atoms with E-state index in [1.807, 2.05) is 37.3 Å². The maximum atomic E-state index is 12.5. The van der Waals surface area contributed by atoms with Crippen LogP contribution in [-0.4, -0.2) is 17.0 Å². The lowest BCUT2D eigenvalue weighted by Crippen LogP contribution is -2.30. The summed E-state index contributed by atoms with van der Waals surface area (Å²) in [6, 6.07) is 18.0. The van der Waals surface area contributed by atoms with Crippen molar-refractivity contribution < 1.29 is 13.9 Å². The molecule has 3 aromatic carbocycles. The van der Waals surface area contributed by atoms with Gasteiger partial charge in [-0.3, -0.25) is 4.79 Å². The maximum Gasteiger partial charge on any atom is 0.265 e. The third-order valence-corrected chi connectivity index (χ3v) is 5.04. The van der Waals surface area contributed by atoms with Gasteiger partial charge < -0.3 is 14.5 Å². The number of fused-ring (bicyclic) bond motifs is 1. The van der Waals surface area contributed by atoms with Crippen molar-refractivity contribution in [2.24, 2.45) is 0 Å². The molecule has 0 fully saturated rings. The zero-order valence-electron chi connectivity index (χ0n) is 16.3. The molecule has 0 radical (unpaired) electrons. The van der Waals surface area contributed by atoms with Gasteiger partial charge >= 0.3 is 0 Å². The van der Waals surface area contributed by atoms with Crippen molar-refractivity contribution in [3.63, 3.8) is 0 Å². The Morgan fingerprint density at radius 2 is 1.83 bits per heavy atom. The summed E-state index contributed by atoms with van der Waals surface area (Å²) >= 11 is 12.0. The van der Waals surface area contributed by atoms with Crippen LogP contribution in [0.25, 0.3) is 22.6 Å². The molecule has 4 aromatic rings. The van der Waals surface area contributed by atoms with E-state index in [4.69, 9.17) is 32.4 Å². The van der Waals surface area contributed by atoms with Crippen molar-refractivity contribution in [2.45, 2.75) is 20.0 Å². The molecule has 152 valence electrons. The number of aromatic nitrogens is 1. The Balaban J connectivity index is 1.43. The van der Waals surface area contributed by atoms with Gasteiger partial charge in [0.2, 0.25) is 5.89 Å². The molecule has 0 aliphatic rings. The molecular formula is C23H18Cl2N2O3. The highest BCUT2D eigenvalue weighted by Crippen LogP contribution is 2.29. The normalized spacial score (nSPS) is 12.0. The molecular weight excluding hydrogens is 423 g/mol. The van der Waals surface area contributed by atoms with Gasteiger partial charge in [-0.2, -0.15) is 0 Å². The summed E-state index contributed by atoms with van der Waals surface area (Å²) in [6.07, 6.45) is -0.747. The molecule has 1 heterocycles. The second kappa shape index (κ2) is 8.38. The number of anilines is 1. The Morgan fingerprint density at radius 3 is 2.57 bits per heavy atom. The van der Waals surface area contributed by atoms with Crippen LogP contribution in [0.4, 0.5) is 5.69 Å². The number of carbonyl (C=O) groups excluding carboxylic acids is 1. The number of nitrogens with one attached hydrogen (secondary N) is 1. The minimum Gasteiger partial charge on any atom is -0.479 e. The molecule has 0 saturated heterocycles. The molecule has 7 heteroatoms. The minimum atomic E-state index is -0.747. The first-order valence-corrected chi connectivity index (χ1v) is 10.0. The van der Waals surface area contributed by atoms with Gasteiger partial charge in [0.1, 0.15) is 11.3 Å². The predicted octanol–water partition coefficient (Wildman–Crippen LogP) is 6.52. The molecule has 1 N–H and O–H groups in total. The molecule has 30 heavy (non-hydrogen) atoms. The molecule has 1 unspecified atom stereocenters. The third-order valence-electron chi connectivity index (χ3n) is 4.51. The van der Waals surface area contributed by atoms with Crippen LogP contribution in [0.1, 0.15) is 12.5 Å². The first kappa shape index (κ1) is 20.3. The predicted molar refractivity (Wildman–Crippen MR) is 119 cm³/mol. The number of nitrogens with zero attached hydrogens (tertiary/aromatic N) is 1. The Labute approximate surface area is 183 Å². The number of hydrogen-bond acceptors (Lipinski definition) is 4. The van der Waals surface area contributed by atoms with Crippen LogP contribution >= 0.6 is 23.2 Å². The van der Waals surface area contributed by atoms with E-state index in [1.165, 1.54) is 0 Å². The number of aryl methyl sites for hydroxylation is 1. The third kappa shape index (κ3) is 4.42. The van der Waals surface area contributed by atoms with E-state index in [1.54, 1.807) is 37.3 Å². The van der Waals surface area contributed by atoms with Crippen LogP contribution < -0.4 is 10.1 Å².